The smallest absolute Gasteiger partial charge is 0.260 e. The Kier molecular flexibility index (Phi) is 1.87. The highest BCUT2D eigenvalue weighted by Crippen LogP contribution is 2.42. The van der Waals surface area contributed by atoms with E-state index < -0.39 is 0 Å². The van der Waals surface area contributed by atoms with Gasteiger partial charge in [-0.05, 0) is 12.1 Å². The van der Waals surface area contributed by atoms with Gasteiger partial charge in [0.2, 0.25) is 0 Å². The maximum absolute atomic E-state index is 11.8. The summed E-state index contributed by atoms with van der Waals surface area (Å²) in [5.74, 6) is 0.313. The van der Waals surface area contributed by atoms with E-state index in [1.807, 2.05) is 12.1 Å². The number of nitrogens with one attached hydrogen (secondary N) is 1. The first-order valence-electron chi connectivity index (χ1n) is 4.65. The van der Waals surface area contributed by atoms with E-state index in [1.54, 1.807) is 12.1 Å². The first-order chi connectivity index (χ1) is 7.74. The van der Waals surface area contributed by atoms with E-state index in [2.05, 4.69) is 5.32 Å². The van der Waals surface area contributed by atoms with Gasteiger partial charge in [0.25, 0.3) is 5.91 Å². The summed E-state index contributed by atoms with van der Waals surface area (Å²) < 4.78 is 5.57. The molecule has 1 aliphatic rings. The van der Waals surface area contributed by atoms with E-state index in [4.69, 9.17) is 4.74 Å². The molecular formula is C11H7NO3S. The number of aromatic hydroxyl groups is 1. The molecule has 0 saturated carbocycles. The van der Waals surface area contributed by atoms with Gasteiger partial charge < -0.3 is 15.2 Å². The van der Waals surface area contributed by atoms with Crippen molar-refractivity contribution in [3.05, 3.63) is 35.9 Å². The molecule has 1 aromatic heterocycles. The highest BCUT2D eigenvalue weighted by Gasteiger charge is 2.23. The zero-order chi connectivity index (χ0) is 11.1. The predicted octanol–water partition coefficient (Wildman–Crippen LogP) is 2.81. The number of anilines is 1. The molecule has 0 fully saturated rings. The third-order valence-electron chi connectivity index (χ3n) is 2.27. The van der Waals surface area contributed by atoms with Gasteiger partial charge in [-0.1, -0.05) is 23.5 Å². The van der Waals surface area contributed by atoms with E-state index in [0.717, 1.165) is 11.3 Å². The van der Waals surface area contributed by atoms with E-state index >= 15 is 0 Å². The average Bonchev–Trinajstić information content (AvgIpc) is 2.57. The second kappa shape index (κ2) is 3.24. The number of rotatable bonds is 0. The second-order valence-corrected chi connectivity index (χ2v) is 4.33. The van der Waals surface area contributed by atoms with E-state index in [0.29, 0.717) is 22.1 Å². The summed E-state index contributed by atoms with van der Waals surface area (Å²) in [6.45, 7) is 0. The van der Waals surface area contributed by atoms with Crippen LogP contribution in [-0.4, -0.2) is 11.0 Å². The van der Waals surface area contributed by atoms with Crippen LogP contribution in [0.4, 0.5) is 5.69 Å². The van der Waals surface area contributed by atoms with Gasteiger partial charge >= 0.3 is 0 Å². The molecule has 3 rings (SSSR count). The van der Waals surface area contributed by atoms with Gasteiger partial charge in [-0.2, -0.15) is 0 Å². The van der Waals surface area contributed by atoms with Gasteiger partial charge in [-0.15, -0.1) is 0 Å². The summed E-state index contributed by atoms with van der Waals surface area (Å²) in [6.07, 6.45) is 0. The Morgan fingerprint density at radius 1 is 1.31 bits per heavy atom. The molecule has 5 heteroatoms. The molecule has 1 aliphatic heterocycles. The van der Waals surface area contributed by atoms with E-state index in [9.17, 15) is 9.90 Å². The third-order valence-corrected chi connectivity index (χ3v) is 3.08. The minimum Gasteiger partial charge on any atom is -0.499 e. The van der Waals surface area contributed by atoms with Crippen LogP contribution in [0.2, 0.25) is 0 Å². The Labute approximate surface area is 95.1 Å². The molecule has 0 saturated heterocycles. The summed E-state index contributed by atoms with van der Waals surface area (Å²) in [7, 11) is 0. The first-order valence-corrected chi connectivity index (χ1v) is 5.47. The molecule has 0 unspecified atom stereocenters. The van der Waals surface area contributed by atoms with Crippen LogP contribution in [0.5, 0.6) is 15.9 Å². The normalized spacial score (nSPS) is 13.1. The van der Waals surface area contributed by atoms with Crippen LogP contribution in [-0.2, 0) is 0 Å². The molecule has 1 aromatic carbocycles. The summed E-state index contributed by atoms with van der Waals surface area (Å²) in [6, 6.07) is 8.58. The molecule has 2 heterocycles. The summed E-state index contributed by atoms with van der Waals surface area (Å²) in [4.78, 5) is 11.8. The molecule has 0 spiro atoms. The molecule has 0 radical (unpaired) electrons. The second-order valence-electron chi connectivity index (χ2n) is 3.34. The molecular weight excluding hydrogens is 226 g/mol. The van der Waals surface area contributed by atoms with Crippen LogP contribution >= 0.6 is 11.3 Å². The zero-order valence-electron chi connectivity index (χ0n) is 8.06. The number of carbonyl (C=O) groups excluding carboxylic acids is 1. The number of carbonyl (C=O) groups is 1. The van der Waals surface area contributed by atoms with Gasteiger partial charge in [0.15, 0.2) is 15.9 Å². The van der Waals surface area contributed by atoms with Crippen molar-refractivity contribution in [3.8, 4) is 15.9 Å². The number of ether oxygens (including phenoxy) is 1. The average molecular weight is 233 g/mol. The Morgan fingerprint density at radius 2 is 2.12 bits per heavy atom. The van der Waals surface area contributed by atoms with E-state index in [-0.39, 0.29) is 11.0 Å². The van der Waals surface area contributed by atoms with Crippen molar-refractivity contribution in [1.82, 2.24) is 0 Å². The Morgan fingerprint density at radius 3 is 3.00 bits per heavy atom. The van der Waals surface area contributed by atoms with Crippen molar-refractivity contribution >= 4 is 22.9 Å². The van der Waals surface area contributed by atoms with E-state index in [1.165, 1.54) is 6.07 Å². The number of hydrogen-bond donors (Lipinski definition) is 2. The van der Waals surface area contributed by atoms with Crippen LogP contribution in [0.1, 0.15) is 10.4 Å². The maximum atomic E-state index is 11.8. The van der Waals surface area contributed by atoms with Gasteiger partial charge in [0.1, 0.15) is 0 Å². The van der Waals surface area contributed by atoms with Gasteiger partial charge in [-0.3, -0.25) is 4.79 Å². The zero-order valence-corrected chi connectivity index (χ0v) is 8.88. The highest BCUT2D eigenvalue weighted by atomic mass is 32.1. The van der Waals surface area contributed by atoms with Crippen LogP contribution in [0.15, 0.2) is 30.3 Å². The van der Waals surface area contributed by atoms with Crippen molar-refractivity contribution in [2.24, 2.45) is 0 Å². The number of amides is 1. The van der Waals surface area contributed by atoms with Crippen LogP contribution in [0.25, 0.3) is 0 Å². The first kappa shape index (κ1) is 9.23. The van der Waals surface area contributed by atoms with Gasteiger partial charge in [0.05, 0.1) is 11.3 Å². The van der Waals surface area contributed by atoms with Gasteiger partial charge in [-0.25, -0.2) is 0 Å². The lowest BCUT2D eigenvalue weighted by Crippen LogP contribution is -2.09. The summed E-state index contributed by atoms with van der Waals surface area (Å²) >= 11 is 1.04. The minimum absolute atomic E-state index is 0.0690. The molecule has 2 N–H and O–H groups in total. The fourth-order valence-electron chi connectivity index (χ4n) is 1.54. The standard InChI is InChI=1S/C11H7NO3S/c13-9-5-6-10(14)12-7-3-1-2-4-8(7)15-11(6)16-9/h1-5,13H,(H,12,14). The van der Waals surface area contributed by atoms with Crippen molar-refractivity contribution < 1.29 is 14.6 Å². The number of benzene rings is 1. The SMILES string of the molecule is O=C1Nc2ccccc2Oc2sc(O)cc21. The maximum Gasteiger partial charge on any atom is 0.260 e. The van der Waals surface area contributed by atoms with Crippen LogP contribution < -0.4 is 10.1 Å². The number of fused-ring (bicyclic) bond motifs is 2. The monoisotopic (exact) mass is 233 g/mol. The molecule has 0 bridgehead atoms. The molecule has 0 atom stereocenters. The Bertz CT molecular complexity index is 576. The van der Waals surface area contributed by atoms with Crippen molar-refractivity contribution in [1.29, 1.82) is 0 Å². The number of thiophene rings is 1. The molecule has 1 amide bonds. The summed E-state index contributed by atoms with van der Waals surface area (Å²) in [5.41, 5.74) is 0.995. The van der Waals surface area contributed by atoms with Crippen molar-refractivity contribution in [2.75, 3.05) is 5.32 Å². The highest BCUT2D eigenvalue weighted by molar-refractivity contribution is 7.16. The van der Waals surface area contributed by atoms with Crippen LogP contribution in [0.3, 0.4) is 0 Å². The molecule has 2 aromatic rings. The molecule has 0 aliphatic carbocycles. The Balaban J connectivity index is 2.17. The molecule has 80 valence electrons. The minimum atomic E-state index is -0.267. The predicted molar refractivity (Wildman–Crippen MR) is 60.5 cm³/mol. The van der Waals surface area contributed by atoms with Crippen molar-refractivity contribution in [2.45, 2.75) is 0 Å². The van der Waals surface area contributed by atoms with Gasteiger partial charge in [0, 0.05) is 6.07 Å². The van der Waals surface area contributed by atoms with Crippen molar-refractivity contribution in [3.63, 3.8) is 0 Å². The largest absolute Gasteiger partial charge is 0.499 e. The Hall–Kier alpha value is -2.01. The lowest BCUT2D eigenvalue weighted by atomic mass is 10.3. The van der Waals surface area contributed by atoms with Crippen LogP contribution in [0, 0.1) is 0 Å². The fourth-order valence-corrected chi connectivity index (χ4v) is 2.30. The third kappa shape index (κ3) is 1.33. The number of hydrogen-bond acceptors (Lipinski definition) is 4. The number of para-hydroxylation sites is 2. The topological polar surface area (TPSA) is 58.6 Å². The fraction of sp³-hybridized carbons (Fsp3) is 0. The quantitative estimate of drug-likeness (QED) is 0.735. The molecule has 16 heavy (non-hydrogen) atoms. The molecule has 4 nitrogen and oxygen atoms in total. The lowest BCUT2D eigenvalue weighted by molar-refractivity contribution is 0.102. The lowest BCUT2D eigenvalue weighted by Gasteiger charge is -2.04. The summed E-state index contributed by atoms with van der Waals surface area (Å²) in [5, 5.41) is 12.5.